The number of carbonyl (C=O) groups excluding carboxylic acids is 1. The molecule has 1 fully saturated rings. The van der Waals surface area contributed by atoms with Crippen molar-refractivity contribution in [2.24, 2.45) is 5.92 Å². The number of hydrogen-bond donors (Lipinski definition) is 1. The Hall–Kier alpha value is -1.32. The first-order chi connectivity index (χ1) is 9.74. The van der Waals surface area contributed by atoms with Crippen LogP contribution in [0.15, 0.2) is 4.52 Å². The number of carbonyl (C=O) groups is 1. The van der Waals surface area contributed by atoms with E-state index in [1.807, 2.05) is 0 Å². The molecule has 2 aliphatic rings. The van der Waals surface area contributed by atoms with Gasteiger partial charge in [0.15, 0.2) is 5.69 Å². The van der Waals surface area contributed by atoms with Crippen molar-refractivity contribution in [2.45, 2.75) is 70.8 Å². The molecule has 0 saturated heterocycles. The molecule has 0 bridgehead atoms. The topological polar surface area (TPSA) is 55.1 Å². The Labute approximate surface area is 120 Å². The highest BCUT2D eigenvalue weighted by Gasteiger charge is 2.28. The molecule has 1 aromatic heterocycles. The Morgan fingerprint density at radius 1 is 1.20 bits per heavy atom. The zero-order valence-corrected chi connectivity index (χ0v) is 12.3. The van der Waals surface area contributed by atoms with Crippen molar-refractivity contribution in [3.8, 4) is 0 Å². The first-order valence-corrected chi connectivity index (χ1v) is 8.02. The highest BCUT2D eigenvalue weighted by atomic mass is 16.5. The normalized spacial score (nSPS) is 23.9. The second-order valence-electron chi connectivity index (χ2n) is 6.44. The predicted molar refractivity (Wildman–Crippen MR) is 76.6 cm³/mol. The van der Waals surface area contributed by atoms with Crippen molar-refractivity contribution < 1.29 is 9.32 Å². The van der Waals surface area contributed by atoms with Gasteiger partial charge in [-0.05, 0) is 31.6 Å². The van der Waals surface area contributed by atoms with E-state index in [1.54, 1.807) is 0 Å². The van der Waals surface area contributed by atoms with Crippen LogP contribution in [-0.4, -0.2) is 17.1 Å². The third kappa shape index (κ3) is 2.89. The molecule has 1 amide bonds. The van der Waals surface area contributed by atoms with Gasteiger partial charge in [-0.1, -0.05) is 37.8 Å². The third-order valence-corrected chi connectivity index (χ3v) is 4.69. The quantitative estimate of drug-likeness (QED) is 0.844. The van der Waals surface area contributed by atoms with Crippen molar-refractivity contribution in [3.05, 3.63) is 17.0 Å². The van der Waals surface area contributed by atoms with Crippen LogP contribution in [0.3, 0.4) is 0 Å². The van der Waals surface area contributed by atoms with Gasteiger partial charge in [-0.25, -0.2) is 0 Å². The molecule has 4 heteroatoms. The molecule has 0 unspecified atom stereocenters. The highest BCUT2D eigenvalue weighted by molar-refractivity contribution is 5.94. The number of nitrogens with zero attached hydrogens (tertiary/aromatic N) is 1. The van der Waals surface area contributed by atoms with Gasteiger partial charge in [0, 0.05) is 18.0 Å². The van der Waals surface area contributed by atoms with Crippen LogP contribution >= 0.6 is 0 Å². The molecule has 1 atom stereocenters. The number of fused-ring (bicyclic) bond motifs is 1. The van der Waals surface area contributed by atoms with E-state index in [1.165, 1.54) is 25.7 Å². The maximum absolute atomic E-state index is 12.4. The minimum atomic E-state index is -0.0315. The van der Waals surface area contributed by atoms with Crippen LogP contribution in [0.4, 0.5) is 0 Å². The van der Waals surface area contributed by atoms with Crippen LogP contribution in [0, 0.1) is 5.92 Å². The average molecular weight is 276 g/mol. The molecule has 1 aromatic rings. The van der Waals surface area contributed by atoms with E-state index in [0.29, 0.717) is 17.7 Å². The summed E-state index contributed by atoms with van der Waals surface area (Å²) in [6.45, 7) is 2.23. The monoisotopic (exact) mass is 276 g/mol. The largest absolute Gasteiger partial charge is 0.360 e. The van der Waals surface area contributed by atoms with Gasteiger partial charge in [0.2, 0.25) is 0 Å². The van der Waals surface area contributed by atoms with Crippen LogP contribution in [0.2, 0.25) is 0 Å². The standard InChI is InChI=1S/C16H24N2O2/c1-11-8-9-14-13(10-11)15(18-20-14)16(19)17-12-6-4-2-3-5-7-12/h11-12H,2-10H2,1H3,(H,17,19)/t11-/m0/s1. The molecule has 1 heterocycles. The molecule has 4 nitrogen and oxygen atoms in total. The molecule has 0 aromatic carbocycles. The van der Waals surface area contributed by atoms with Gasteiger partial charge < -0.3 is 9.84 Å². The Morgan fingerprint density at radius 2 is 1.95 bits per heavy atom. The SMILES string of the molecule is C[C@H]1CCc2onc(C(=O)NC3CCCCCC3)c2C1. The number of aryl methyl sites for hydroxylation is 1. The van der Waals surface area contributed by atoms with E-state index in [9.17, 15) is 4.79 Å². The predicted octanol–water partition coefficient (Wildman–Crippen LogP) is 3.25. The minimum absolute atomic E-state index is 0.0315. The van der Waals surface area contributed by atoms with Gasteiger partial charge in [0.1, 0.15) is 5.76 Å². The van der Waals surface area contributed by atoms with Crippen molar-refractivity contribution in [1.29, 1.82) is 0 Å². The zero-order valence-electron chi connectivity index (χ0n) is 12.3. The van der Waals surface area contributed by atoms with Crippen LogP contribution in [-0.2, 0) is 12.8 Å². The Morgan fingerprint density at radius 3 is 2.70 bits per heavy atom. The van der Waals surface area contributed by atoms with Crippen LogP contribution < -0.4 is 5.32 Å². The number of aromatic nitrogens is 1. The molecule has 3 rings (SSSR count). The summed E-state index contributed by atoms with van der Waals surface area (Å²) in [5.74, 6) is 1.51. The average Bonchev–Trinajstić information content (AvgIpc) is 2.67. The van der Waals surface area contributed by atoms with Gasteiger partial charge in [-0.3, -0.25) is 4.79 Å². The Balaban J connectivity index is 1.69. The van der Waals surface area contributed by atoms with Gasteiger partial charge in [0.05, 0.1) is 0 Å². The Bertz CT molecular complexity index is 473. The van der Waals surface area contributed by atoms with Crippen LogP contribution in [0.1, 0.15) is 73.7 Å². The van der Waals surface area contributed by atoms with E-state index >= 15 is 0 Å². The van der Waals surface area contributed by atoms with E-state index in [0.717, 1.165) is 43.4 Å². The molecule has 2 aliphatic carbocycles. The molecule has 1 saturated carbocycles. The summed E-state index contributed by atoms with van der Waals surface area (Å²) >= 11 is 0. The fourth-order valence-corrected chi connectivity index (χ4v) is 3.43. The van der Waals surface area contributed by atoms with E-state index in [2.05, 4.69) is 17.4 Å². The summed E-state index contributed by atoms with van der Waals surface area (Å²) < 4.78 is 5.36. The summed E-state index contributed by atoms with van der Waals surface area (Å²) in [4.78, 5) is 12.4. The first-order valence-electron chi connectivity index (χ1n) is 8.02. The van der Waals surface area contributed by atoms with Crippen LogP contribution in [0.25, 0.3) is 0 Å². The smallest absolute Gasteiger partial charge is 0.273 e. The summed E-state index contributed by atoms with van der Waals surface area (Å²) in [5, 5.41) is 7.20. The van der Waals surface area contributed by atoms with Gasteiger partial charge in [0.25, 0.3) is 5.91 Å². The number of rotatable bonds is 2. The van der Waals surface area contributed by atoms with E-state index in [-0.39, 0.29) is 5.91 Å². The van der Waals surface area contributed by atoms with Gasteiger partial charge in [-0.2, -0.15) is 0 Å². The second-order valence-corrected chi connectivity index (χ2v) is 6.44. The molecule has 20 heavy (non-hydrogen) atoms. The third-order valence-electron chi connectivity index (χ3n) is 4.69. The molecule has 1 N–H and O–H groups in total. The number of nitrogens with one attached hydrogen (secondary N) is 1. The van der Waals surface area contributed by atoms with E-state index in [4.69, 9.17) is 4.52 Å². The fourth-order valence-electron chi connectivity index (χ4n) is 3.43. The highest BCUT2D eigenvalue weighted by Crippen LogP contribution is 2.28. The lowest BCUT2D eigenvalue weighted by Gasteiger charge is -2.18. The molecule has 0 radical (unpaired) electrons. The maximum Gasteiger partial charge on any atom is 0.273 e. The number of hydrogen-bond acceptors (Lipinski definition) is 3. The van der Waals surface area contributed by atoms with Crippen molar-refractivity contribution >= 4 is 5.91 Å². The summed E-state index contributed by atoms with van der Waals surface area (Å²) in [6.07, 6.45) is 10.2. The fraction of sp³-hybridized carbons (Fsp3) is 0.750. The number of amides is 1. The molecule has 0 aliphatic heterocycles. The zero-order chi connectivity index (χ0) is 13.9. The first kappa shape index (κ1) is 13.7. The summed E-state index contributed by atoms with van der Waals surface area (Å²) in [7, 11) is 0. The lowest BCUT2D eigenvalue weighted by molar-refractivity contribution is 0.0923. The van der Waals surface area contributed by atoms with Crippen molar-refractivity contribution in [2.75, 3.05) is 0 Å². The molecular formula is C16H24N2O2. The molecule has 110 valence electrons. The van der Waals surface area contributed by atoms with Gasteiger partial charge in [-0.15, -0.1) is 0 Å². The summed E-state index contributed by atoms with van der Waals surface area (Å²) in [6, 6.07) is 0.318. The second kappa shape index (κ2) is 5.98. The lowest BCUT2D eigenvalue weighted by Crippen LogP contribution is -2.35. The van der Waals surface area contributed by atoms with E-state index < -0.39 is 0 Å². The van der Waals surface area contributed by atoms with Crippen molar-refractivity contribution in [3.63, 3.8) is 0 Å². The summed E-state index contributed by atoms with van der Waals surface area (Å²) in [5.41, 5.74) is 1.59. The lowest BCUT2D eigenvalue weighted by atomic mass is 9.88. The minimum Gasteiger partial charge on any atom is -0.360 e. The van der Waals surface area contributed by atoms with Gasteiger partial charge >= 0.3 is 0 Å². The molecular weight excluding hydrogens is 252 g/mol. The van der Waals surface area contributed by atoms with Crippen LogP contribution in [0.5, 0.6) is 0 Å². The van der Waals surface area contributed by atoms with Crippen molar-refractivity contribution in [1.82, 2.24) is 10.5 Å². The maximum atomic E-state index is 12.4. The molecule has 0 spiro atoms. The Kier molecular flexibility index (Phi) is 4.08.